The van der Waals surface area contributed by atoms with Crippen LogP contribution < -0.4 is 10.6 Å². The number of nitrogens with one attached hydrogen (secondary N) is 2. The SMILES string of the molecule is CC.CCC(=O)C1=C(Nc2ccc(C)cc2F)CNC=C1F. The second-order valence-corrected chi connectivity index (χ2v) is 4.61. The predicted octanol–water partition coefficient (Wildman–Crippen LogP) is 4.22. The summed E-state index contributed by atoms with van der Waals surface area (Å²) in [6.45, 7) is 7.69. The lowest BCUT2D eigenvalue weighted by atomic mass is 10.0. The fourth-order valence-electron chi connectivity index (χ4n) is 2.02. The number of carbonyl (C=O) groups is 1. The Morgan fingerprint density at radius 2 is 2.00 bits per heavy atom. The number of Topliss-reactive ketones (excluding diaryl/α,β-unsaturated/α-hetero) is 1. The monoisotopic (exact) mass is 308 g/mol. The summed E-state index contributed by atoms with van der Waals surface area (Å²) >= 11 is 0. The number of anilines is 1. The Kier molecular flexibility index (Phi) is 6.76. The summed E-state index contributed by atoms with van der Waals surface area (Å²) in [5.74, 6) is -1.37. The highest BCUT2D eigenvalue weighted by atomic mass is 19.1. The van der Waals surface area contributed by atoms with Crippen LogP contribution in [0.4, 0.5) is 14.5 Å². The quantitative estimate of drug-likeness (QED) is 0.875. The van der Waals surface area contributed by atoms with Crippen molar-refractivity contribution in [3.63, 3.8) is 0 Å². The summed E-state index contributed by atoms with van der Waals surface area (Å²) in [5, 5.41) is 5.53. The molecule has 0 fully saturated rings. The number of ketones is 1. The average molecular weight is 308 g/mol. The van der Waals surface area contributed by atoms with Gasteiger partial charge >= 0.3 is 0 Å². The highest BCUT2D eigenvalue weighted by Gasteiger charge is 2.22. The topological polar surface area (TPSA) is 41.1 Å². The third-order valence-electron chi connectivity index (χ3n) is 3.06. The normalized spacial score (nSPS) is 13.6. The van der Waals surface area contributed by atoms with E-state index < -0.39 is 11.6 Å². The Balaban J connectivity index is 0.00000116. The van der Waals surface area contributed by atoms with Crippen molar-refractivity contribution in [2.24, 2.45) is 0 Å². The van der Waals surface area contributed by atoms with Crippen LogP contribution in [-0.2, 0) is 4.79 Å². The molecule has 1 aliphatic rings. The van der Waals surface area contributed by atoms with Crippen LogP contribution in [0.15, 0.2) is 41.5 Å². The Morgan fingerprint density at radius 1 is 1.32 bits per heavy atom. The molecule has 0 aromatic heterocycles. The minimum Gasteiger partial charge on any atom is -0.383 e. The van der Waals surface area contributed by atoms with E-state index in [9.17, 15) is 13.6 Å². The number of rotatable bonds is 4. The zero-order valence-electron chi connectivity index (χ0n) is 13.4. The number of hydrogen-bond donors (Lipinski definition) is 2. The predicted molar refractivity (Wildman–Crippen MR) is 85.6 cm³/mol. The van der Waals surface area contributed by atoms with E-state index in [1.807, 2.05) is 13.8 Å². The first-order chi connectivity index (χ1) is 10.5. The zero-order chi connectivity index (χ0) is 16.7. The molecule has 0 radical (unpaired) electrons. The van der Waals surface area contributed by atoms with Gasteiger partial charge in [-0.1, -0.05) is 26.8 Å². The Bertz CT molecular complexity index is 607. The van der Waals surface area contributed by atoms with Crippen LogP contribution in [0.5, 0.6) is 0 Å². The van der Waals surface area contributed by atoms with Crippen LogP contribution >= 0.6 is 0 Å². The van der Waals surface area contributed by atoms with Crippen molar-refractivity contribution in [1.29, 1.82) is 0 Å². The van der Waals surface area contributed by atoms with Crippen LogP contribution in [0.1, 0.15) is 32.8 Å². The highest BCUT2D eigenvalue weighted by molar-refractivity contribution is 6.00. The number of hydrogen-bond acceptors (Lipinski definition) is 3. The lowest BCUT2D eigenvalue weighted by molar-refractivity contribution is -0.115. The second kappa shape index (κ2) is 8.32. The molecule has 0 unspecified atom stereocenters. The second-order valence-electron chi connectivity index (χ2n) is 4.61. The van der Waals surface area contributed by atoms with Gasteiger partial charge in [0.1, 0.15) is 5.82 Å². The average Bonchev–Trinajstić information content (AvgIpc) is 2.51. The van der Waals surface area contributed by atoms with Gasteiger partial charge in [0, 0.05) is 18.3 Å². The summed E-state index contributed by atoms with van der Waals surface area (Å²) in [4.78, 5) is 11.8. The van der Waals surface area contributed by atoms with Gasteiger partial charge in [-0.3, -0.25) is 4.79 Å². The van der Waals surface area contributed by atoms with Crippen molar-refractivity contribution < 1.29 is 13.6 Å². The number of aryl methyl sites for hydroxylation is 1. The molecule has 1 aromatic carbocycles. The molecule has 2 rings (SSSR count). The van der Waals surface area contributed by atoms with E-state index in [2.05, 4.69) is 10.6 Å². The molecule has 0 spiro atoms. The van der Waals surface area contributed by atoms with Crippen LogP contribution in [0, 0.1) is 12.7 Å². The highest BCUT2D eigenvalue weighted by Crippen LogP contribution is 2.24. The summed E-state index contributed by atoms with van der Waals surface area (Å²) in [6, 6.07) is 4.70. The van der Waals surface area contributed by atoms with E-state index in [4.69, 9.17) is 0 Å². The first-order valence-electron chi connectivity index (χ1n) is 7.42. The van der Waals surface area contributed by atoms with Crippen LogP contribution in [0.2, 0.25) is 0 Å². The maximum Gasteiger partial charge on any atom is 0.167 e. The third-order valence-corrected chi connectivity index (χ3v) is 3.06. The molecule has 22 heavy (non-hydrogen) atoms. The van der Waals surface area contributed by atoms with Gasteiger partial charge in [-0.25, -0.2) is 8.78 Å². The van der Waals surface area contributed by atoms with Crippen LogP contribution in [0.3, 0.4) is 0 Å². The van der Waals surface area contributed by atoms with Gasteiger partial charge in [-0.15, -0.1) is 0 Å². The molecule has 0 saturated heterocycles. The molecule has 1 aromatic rings. The van der Waals surface area contributed by atoms with E-state index in [-0.39, 0.29) is 30.0 Å². The molecule has 0 aliphatic carbocycles. The molecule has 5 heteroatoms. The van der Waals surface area contributed by atoms with Gasteiger partial charge in [0.15, 0.2) is 11.6 Å². The number of carbonyl (C=O) groups excluding carboxylic acids is 1. The molecular formula is C17H22F2N2O. The molecule has 1 heterocycles. The molecule has 3 nitrogen and oxygen atoms in total. The summed E-state index contributed by atoms with van der Waals surface area (Å²) in [5.41, 5.74) is 1.36. The Labute approximate surface area is 130 Å². The third kappa shape index (κ3) is 4.16. The zero-order valence-corrected chi connectivity index (χ0v) is 13.4. The maximum atomic E-state index is 13.8. The fourth-order valence-corrected chi connectivity index (χ4v) is 2.02. The maximum absolute atomic E-state index is 13.8. The molecule has 0 amide bonds. The van der Waals surface area contributed by atoms with Gasteiger partial charge in [0.2, 0.25) is 0 Å². The lowest BCUT2D eigenvalue weighted by Crippen LogP contribution is -2.25. The Morgan fingerprint density at radius 3 is 2.59 bits per heavy atom. The van der Waals surface area contributed by atoms with E-state index in [1.165, 1.54) is 6.07 Å². The smallest absolute Gasteiger partial charge is 0.167 e. The number of allylic oxidation sites excluding steroid dienone is 2. The fraction of sp³-hybridized carbons (Fsp3) is 0.353. The van der Waals surface area contributed by atoms with Crippen molar-refractivity contribution in [1.82, 2.24) is 5.32 Å². The van der Waals surface area contributed by atoms with E-state index in [0.717, 1.165) is 11.8 Å². The van der Waals surface area contributed by atoms with Crippen molar-refractivity contribution in [3.8, 4) is 0 Å². The van der Waals surface area contributed by atoms with Gasteiger partial charge in [0.05, 0.1) is 17.8 Å². The first kappa shape index (κ1) is 17.9. The number of benzene rings is 1. The van der Waals surface area contributed by atoms with E-state index in [0.29, 0.717) is 5.70 Å². The molecular weight excluding hydrogens is 286 g/mol. The molecule has 1 aliphatic heterocycles. The minimum absolute atomic E-state index is 0.00812. The lowest BCUT2D eigenvalue weighted by Gasteiger charge is -2.20. The molecule has 0 atom stereocenters. The van der Waals surface area contributed by atoms with Gasteiger partial charge in [-0.2, -0.15) is 0 Å². The molecule has 0 saturated carbocycles. The van der Waals surface area contributed by atoms with Gasteiger partial charge in [-0.05, 0) is 24.6 Å². The molecule has 2 N–H and O–H groups in total. The van der Waals surface area contributed by atoms with Crippen molar-refractivity contribution in [2.45, 2.75) is 34.1 Å². The van der Waals surface area contributed by atoms with E-state index >= 15 is 0 Å². The molecule has 120 valence electrons. The summed E-state index contributed by atoms with van der Waals surface area (Å²) in [6.07, 6.45) is 1.34. The van der Waals surface area contributed by atoms with Crippen molar-refractivity contribution in [2.75, 3.05) is 11.9 Å². The largest absolute Gasteiger partial charge is 0.383 e. The van der Waals surface area contributed by atoms with Gasteiger partial charge in [0.25, 0.3) is 0 Å². The first-order valence-corrected chi connectivity index (χ1v) is 7.42. The van der Waals surface area contributed by atoms with E-state index in [1.54, 1.807) is 26.0 Å². The minimum atomic E-state index is -0.627. The summed E-state index contributed by atoms with van der Waals surface area (Å²) in [7, 11) is 0. The van der Waals surface area contributed by atoms with Crippen LogP contribution in [-0.4, -0.2) is 12.3 Å². The number of halogens is 2. The number of dihydropyridines is 1. The molecule has 0 bridgehead atoms. The standard InChI is InChI=1S/C15H16F2N2O.C2H6/c1-3-14(20)15-11(17)7-18-8-13(15)19-12-5-4-9(2)6-10(12)16;1-2/h4-7,18-19H,3,8H2,1-2H3;1-2H3. The van der Waals surface area contributed by atoms with Crippen molar-refractivity contribution >= 4 is 11.5 Å². The van der Waals surface area contributed by atoms with Crippen LogP contribution in [0.25, 0.3) is 0 Å². The summed E-state index contributed by atoms with van der Waals surface area (Å²) < 4.78 is 27.6. The van der Waals surface area contributed by atoms with Crippen molar-refractivity contribution in [3.05, 3.63) is 52.9 Å². The van der Waals surface area contributed by atoms with Gasteiger partial charge < -0.3 is 10.6 Å². The Hall–Kier alpha value is -2.17.